The maximum Gasteiger partial charge on any atom is 0.210 e. The summed E-state index contributed by atoms with van der Waals surface area (Å²) in [6, 6.07) is 12.0. The summed E-state index contributed by atoms with van der Waals surface area (Å²) in [6.45, 7) is 1.19. The minimum Gasteiger partial charge on any atom is -0.329 e. The van der Waals surface area contributed by atoms with Gasteiger partial charge in [0.05, 0.1) is 23.0 Å². The highest BCUT2D eigenvalue weighted by Gasteiger charge is 2.16. The SMILES string of the molecule is Clc1c(Nc2nnc(-c3cccc(C4=NN=NC4)c3)s2)ccc2c1C=NC2. The quantitative estimate of drug-likeness (QED) is 0.696. The van der Waals surface area contributed by atoms with Gasteiger partial charge in [0, 0.05) is 22.9 Å². The Morgan fingerprint density at radius 2 is 1.96 bits per heavy atom. The maximum atomic E-state index is 6.49. The highest BCUT2D eigenvalue weighted by atomic mass is 35.5. The van der Waals surface area contributed by atoms with Crippen LogP contribution in [0.25, 0.3) is 10.6 Å². The molecule has 9 heteroatoms. The number of benzene rings is 2. The Labute approximate surface area is 163 Å². The molecule has 0 atom stereocenters. The Bertz CT molecular complexity index is 1130. The van der Waals surface area contributed by atoms with Crippen LogP contribution in [-0.4, -0.2) is 28.7 Å². The molecule has 3 aromatic rings. The van der Waals surface area contributed by atoms with Crippen LogP contribution in [0.3, 0.4) is 0 Å². The van der Waals surface area contributed by atoms with Gasteiger partial charge >= 0.3 is 0 Å². The van der Waals surface area contributed by atoms with Crippen LogP contribution in [0.15, 0.2) is 56.8 Å². The fraction of sp³-hybridized carbons (Fsp3) is 0.111. The molecule has 132 valence electrons. The van der Waals surface area contributed by atoms with E-state index in [1.807, 2.05) is 42.6 Å². The lowest BCUT2D eigenvalue weighted by molar-refractivity contribution is 1.06. The van der Waals surface area contributed by atoms with Crippen molar-refractivity contribution in [1.29, 1.82) is 0 Å². The third-order valence-electron chi connectivity index (χ3n) is 4.31. The topological polar surface area (TPSA) is 87.2 Å². The Hall–Kier alpha value is -2.97. The summed E-state index contributed by atoms with van der Waals surface area (Å²) >= 11 is 7.95. The molecular formula is C18H12ClN7S. The number of rotatable bonds is 4. The Kier molecular flexibility index (Phi) is 3.99. The molecule has 0 amide bonds. The molecule has 0 fully saturated rings. The number of fused-ring (bicyclic) bond motifs is 1. The van der Waals surface area contributed by atoms with Gasteiger partial charge in [0.15, 0.2) is 0 Å². The molecule has 0 radical (unpaired) electrons. The first-order valence-electron chi connectivity index (χ1n) is 8.24. The van der Waals surface area contributed by atoms with E-state index in [9.17, 15) is 0 Å². The van der Waals surface area contributed by atoms with Crippen molar-refractivity contribution in [3.63, 3.8) is 0 Å². The molecular weight excluding hydrogens is 382 g/mol. The van der Waals surface area contributed by atoms with Gasteiger partial charge in [0.1, 0.15) is 11.6 Å². The van der Waals surface area contributed by atoms with Crippen LogP contribution in [0, 0.1) is 0 Å². The minimum absolute atomic E-state index is 0.506. The number of aliphatic imine (C=N–C) groups is 1. The predicted molar refractivity (Wildman–Crippen MR) is 108 cm³/mol. The van der Waals surface area contributed by atoms with Gasteiger partial charge < -0.3 is 5.32 Å². The summed E-state index contributed by atoms with van der Waals surface area (Å²) in [4.78, 5) is 4.26. The van der Waals surface area contributed by atoms with E-state index in [4.69, 9.17) is 11.6 Å². The fourth-order valence-electron chi connectivity index (χ4n) is 2.94. The number of hydrogen-bond donors (Lipinski definition) is 1. The molecule has 7 nitrogen and oxygen atoms in total. The number of anilines is 2. The molecule has 0 saturated carbocycles. The molecule has 5 rings (SSSR count). The van der Waals surface area contributed by atoms with Gasteiger partial charge in [-0.15, -0.1) is 15.3 Å². The summed E-state index contributed by atoms with van der Waals surface area (Å²) < 4.78 is 0. The molecule has 0 aliphatic carbocycles. The number of hydrogen-bond acceptors (Lipinski definition) is 8. The van der Waals surface area contributed by atoms with Gasteiger partial charge in [0.2, 0.25) is 5.13 Å². The highest BCUT2D eigenvalue weighted by Crippen LogP contribution is 2.34. The van der Waals surface area contributed by atoms with Crippen LogP contribution in [0.4, 0.5) is 10.8 Å². The number of halogens is 1. The van der Waals surface area contributed by atoms with Crippen LogP contribution in [0.1, 0.15) is 16.7 Å². The zero-order valence-corrected chi connectivity index (χ0v) is 15.5. The molecule has 0 spiro atoms. The third-order valence-corrected chi connectivity index (χ3v) is 5.61. The number of aromatic nitrogens is 2. The lowest BCUT2D eigenvalue weighted by Crippen LogP contribution is -2.01. The molecule has 27 heavy (non-hydrogen) atoms. The molecule has 0 bridgehead atoms. The first kappa shape index (κ1) is 16.2. The van der Waals surface area contributed by atoms with E-state index in [2.05, 4.69) is 35.9 Å². The molecule has 0 saturated heterocycles. The van der Waals surface area contributed by atoms with Gasteiger partial charge in [-0.25, -0.2) is 0 Å². The summed E-state index contributed by atoms with van der Waals surface area (Å²) in [5, 5.41) is 25.6. The van der Waals surface area contributed by atoms with Crippen molar-refractivity contribution in [3.8, 4) is 10.6 Å². The van der Waals surface area contributed by atoms with Crippen molar-refractivity contribution in [2.45, 2.75) is 6.54 Å². The Morgan fingerprint density at radius 3 is 2.85 bits per heavy atom. The predicted octanol–water partition coefficient (Wildman–Crippen LogP) is 4.70. The van der Waals surface area contributed by atoms with Crippen molar-refractivity contribution in [2.24, 2.45) is 20.4 Å². The lowest BCUT2D eigenvalue weighted by atomic mass is 10.1. The molecule has 0 unspecified atom stereocenters. The van der Waals surface area contributed by atoms with Crippen LogP contribution in [0.5, 0.6) is 0 Å². The third kappa shape index (κ3) is 3.02. The maximum absolute atomic E-state index is 6.49. The van der Waals surface area contributed by atoms with Crippen molar-refractivity contribution < 1.29 is 0 Å². The van der Waals surface area contributed by atoms with E-state index in [-0.39, 0.29) is 0 Å². The van der Waals surface area contributed by atoms with Gasteiger partial charge in [-0.05, 0) is 22.9 Å². The largest absolute Gasteiger partial charge is 0.329 e. The van der Waals surface area contributed by atoms with E-state index >= 15 is 0 Å². The zero-order valence-electron chi connectivity index (χ0n) is 13.9. The average Bonchev–Trinajstić information content (AvgIpc) is 3.46. The Morgan fingerprint density at radius 1 is 1.04 bits per heavy atom. The number of nitrogens with one attached hydrogen (secondary N) is 1. The molecule has 2 aliphatic heterocycles. The zero-order chi connectivity index (χ0) is 18.2. The van der Waals surface area contributed by atoms with Crippen molar-refractivity contribution in [2.75, 3.05) is 11.9 Å². The van der Waals surface area contributed by atoms with Crippen molar-refractivity contribution >= 4 is 45.7 Å². The first-order valence-corrected chi connectivity index (χ1v) is 9.43. The molecule has 1 N–H and O–H groups in total. The second-order valence-corrected chi connectivity index (χ2v) is 7.38. The smallest absolute Gasteiger partial charge is 0.210 e. The summed E-state index contributed by atoms with van der Waals surface area (Å²) in [5.74, 6) is 0. The van der Waals surface area contributed by atoms with Crippen LogP contribution in [-0.2, 0) is 6.54 Å². The molecule has 1 aromatic heterocycles. The van der Waals surface area contributed by atoms with Gasteiger partial charge in [-0.1, -0.05) is 47.2 Å². The molecule has 3 heterocycles. The molecule has 2 aliphatic rings. The summed E-state index contributed by atoms with van der Waals surface area (Å²) in [5.41, 5.74) is 5.71. The van der Waals surface area contributed by atoms with Crippen molar-refractivity contribution in [3.05, 3.63) is 58.1 Å². The standard InChI is InChI=1S/C18H12ClN7S/c19-16-13-8-20-7-12(13)4-5-14(16)22-18-25-24-17(27-18)11-3-1-2-10(6-11)15-9-21-26-23-15/h1-6,8H,7,9H2,(H,22,25). The van der Waals surface area contributed by atoms with Crippen molar-refractivity contribution in [1.82, 2.24) is 10.2 Å². The Balaban J connectivity index is 1.41. The van der Waals surface area contributed by atoms with E-state index in [0.717, 1.165) is 38.7 Å². The first-order chi connectivity index (χ1) is 13.3. The van der Waals surface area contributed by atoms with E-state index in [1.165, 1.54) is 11.3 Å². The highest BCUT2D eigenvalue weighted by molar-refractivity contribution is 7.18. The molecule has 2 aromatic carbocycles. The monoisotopic (exact) mass is 393 g/mol. The van der Waals surface area contributed by atoms with Crippen LogP contribution in [0.2, 0.25) is 5.02 Å². The van der Waals surface area contributed by atoms with Gasteiger partial charge in [-0.3, -0.25) is 4.99 Å². The lowest BCUT2D eigenvalue weighted by Gasteiger charge is -2.08. The van der Waals surface area contributed by atoms with E-state index in [1.54, 1.807) is 0 Å². The normalized spacial score (nSPS) is 14.5. The number of nitrogens with zero attached hydrogens (tertiary/aromatic N) is 6. The second-order valence-electron chi connectivity index (χ2n) is 6.02. The fourth-order valence-corrected chi connectivity index (χ4v) is 3.98. The minimum atomic E-state index is 0.506. The van der Waals surface area contributed by atoms with Crippen LogP contribution >= 0.6 is 22.9 Å². The summed E-state index contributed by atoms with van der Waals surface area (Å²) in [6.07, 6.45) is 1.81. The van der Waals surface area contributed by atoms with E-state index < -0.39 is 0 Å². The van der Waals surface area contributed by atoms with Gasteiger partial charge in [0.25, 0.3) is 0 Å². The second kappa shape index (κ2) is 6.64. The van der Waals surface area contributed by atoms with Crippen LogP contribution < -0.4 is 5.32 Å². The summed E-state index contributed by atoms with van der Waals surface area (Å²) in [7, 11) is 0. The average molecular weight is 394 g/mol. The van der Waals surface area contributed by atoms with Gasteiger partial charge in [-0.2, -0.15) is 5.11 Å². The van der Waals surface area contributed by atoms with E-state index in [0.29, 0.717) is 23.2 Å².